The highest BCUT2D eigenvalue weighted by Gasteiger charge is 2.33. The number of rotatable bonds is 2. The molecule has 0 saturated heterocycles. The molecule has 0 unspecified atom stereocenters. The SMILES string of the molecule is Cc1ccc2sc(Nc3ccccc3C(F)(F)F)nc2c1. The second-order valence-electron chi connectivity index (χ2n) is 4.66. The van der Waals surface area contributed by atoms with Crippen LogP contribution in [0.3, 0.4) is 0 Å². The number of nitrogens with one attached hydrogen (secondary N) is 1. The molecule has 0 radical (unpaired) electrons. The quantitative estimate of drug-likeness (QED) is 0.688. The van der Waals surface area contributed by atoms with Gasteiger partial charge in [-0.25, -0.2) is 4.98 Å². The molecule has 0 amide bonds. The van der Waals surface area contributed by atoms with Crippen LogP contribution in [0.4, 0.5) is 24.0 Å². The van der Waals surface area contributed by atoms with Crippen LogP contribution in [-0.4, -0.2) is 4.98 Å². The van der Waals surface area contributed by atoms with Gasteiger partial charge in [0.25, 0.3) is 0 Å². The normalized spacial score (nSPS) is 11.8. The summed E-state index contributed by atoms with van der Waals surface area (Å²) in [4.78, 5) is 4.33. The van der Waals surface area contributed by atoms with Crippen LogP contribution in [0.5, 0.6) is 0 Å². The van der Waals surface area contributed by atoms with Gasteiger partial charge in [-0.2, -0.15) is 13.2 Å². The lowest BCUT2D eigenvalue weighted by molar-refractivity contribution is -0.136. The first-order chi connectivity index (χ1) is 9.93. The highest BCUT2D eigenvalue weighted by atomic mass is 32.1. The fraction of sp³-hybridized carbons (Fsp3) is 0.133. The molecule has 0 aliphatic heterocycles. The fourth-order valence-corrected chi connectivity index (χ4v) is 2.90. The molecule has 1 aromatic heterocycles. The smallest absolute Gasteiger partial charge is 0.331 e. The van der Waals surface area contributed by atoms with E-state index in [0.29, 0.717) is 5.13 Å². The summed E-state index contributed by atoms with van der Waals surface area (Å²) >= 11 is 1.33. The van der Waals surface area contributed by atoms with Gasteiger partial charge in [0.1, 0.15) is 0 Å². The van der Waals surface area contributed by atoms with Crippen LogP contribution in [0.1, 0.15) is 11.1 Å². The maximum Gasteiger partial charge on any atom is 0.418 e. The van der Waals surface area contributed by atoms with Crippen LogP contribution in [0.15, 0.2) is 42.5 Å². The van der Waals surface area contributed by atoms with Crippen molar-refractivity contribution >= 4 is 32.4 Å². The van der Waals surface area contributed by atoms with Gasteiger partial charge in [0.2, 0.25) is 0 Å². The van der Waals surface area contributed by atoms with Gasteiger partial charge in [-0.05, 0) is 36.8 Å². The van der Waals surface area contributed by atoms with Crippen molar-refractivity contribution in [1.82, 2.24) is 4.98 Å². The molecule has 1 heterocycles. The number of aromatic nitrogens is 1. The van der Waals surface area contributed by atoms with Crippen LogP contribution in [0.25, 0.3) is 10.2 Å². The van der Waals surface area contributed by atoms with E-state index in [1.807, 2.05) is 25.1 Å². The zero-order chi connectivity index (χ0) is 15.0. The highest BCUT2D eigenvalue weighted by Crippen LogP contribution is 2.37. The van der Waals surface area contributed by atoms with Crippen molar-refractivity contribution in [3.05, 3.63) is 53.6 Å². The van der Waals surface area contributed by atoms with E-state index in [2.05, 4.69) is 10.3 Å². The molecule has 0 spiro atoms. The molecule has 3 rings (SSSR count). The van der Waals surface area contributed by atoms with E-state index in [1.165, 1.54) is 23.5 Å². The predicted molar refractivity (Wildman–Crippen MR) is 79.1 cm³/mol. The van der Waals surface area contributed by atoms with Gasteiger partial charge < -0.3 is 5.32 Å². The van der Waals surface area contributed by atoms with Crippen molar-refractivity contribution in [2.75, 3.05) is 5.32 Å². The second kappa shape index (κ2) is 5.04. The molecular formula is C15H11F3N2S. The number of nitrogens with zero attached hydrogens (tertiary/aromatic N) is 1. The van der Waals surface area contributed by atoms with E-state index in [0.717, 1.165) is 21.8 Å². The van der Waals surface area contributed by atoms with Crippen molar-refractivity contribution in [3.63, 3.8) is 0 Å². The summed E-state index contributed by atoms with van der Waals surface area (Å²) in [5.41, 5.74) is 1.17. The van der Waals surface area contributed by atoms with Gasteiger partial charge in [0.15, 0.2) is 5.13 Å². The lowest BCUT2D eigenvalue weighted by Crippen LogP contribution is -2.08. The Bertz CT molecular complexity index is 793. The molecule has 2 nitrogen and oxygen atoms in total. The Kier molecular flexibility index (Phi) is 3.33. The van der Waals surface area contributed by atoms with E-state index < -0.39 is 11.7 Å². The minimum atomic E-state index is -4.39. The maximum atomic E-state index is 13.0. The van der Waals surface area contributed by atoms with E-state index in [4.69, 9.17) is 0 Å². The molecule has 0 fully saturated rings. The number of anilines is 2. The first-order valence-electron chi connectivity index (χ1n) is 6.24. The average molecular weight is 308 g/mol. The van der Waals surface area contributed by atoms with Crippen LogP contribution in [-0.2, 0) is 6.18 Å². The number of hydrogen-bond donors (Lipinski definition) is 1. The monoisotopic (exact) mass is 308 g/mol. The lowest BCUT2D eigenvalue weighted by Gasteiger charge is -2.12. The summed E-state index contributed by atoms with van der Waals surface area (Å²) in [6.45, 7) is 1.95. The number of aryl methyl sites for hydroxylation is 1. The molecule has 21 heavy (non-hydrogen) atoms. The maximum absolute atomic E-state index is 13.0. The Labute approximate surface area is 123 Å². The molecule has 1 N–H and O–H groups in total. The van der Waals surface area contributed by atoms with Crippen LogP contribution < -0.4 is 5.32 Å². The standard InChI is InChI=1S/C15H11F3N2S/c1-9-6-7-13-12(8-9)20-14(21-13)19-11-5-3-2-4-10(11)15(16,17)18/h2-8H,1H3,(H,19,20). The number of hydrogen-bond acceptors (Lipinski definition) is 3. The summed E-state index contributed by atoms with van der Waals surface area (Å²) in [6, 6.07) is 11.2. The van der Waals surface area contributed by atoms with Gasteiger partial charge in [0, 0.05) is 0 Å². The summed E-state index contributed by atoms with van der Waals surface area (Å²) in [5, 5.41) is 3.23. The molecule has 6 heteroatoms. The third-order valence-corrected chi connectivity index (χ3v) is 3.97. The number of fused-ring (bicyclic) bond motifs is 1. The van der Waals surface area contributed by atoms with Gasteiger partial charge in [-0.3, -0.25) is 0 Å². The molecule has 0 aliphatic rings. The first kappa shape index (κ1) is 13.9. The van der Waals surface area contributed by atoms with E-state index >= 15 is 0 Å². The molecule has 108 valence electrons. The largest absolute Gasteiger partial charge is 0.418 e. The Morgan fingerprint density at radius 3 is 2.62 bits per heavy atom. The number of para-hydroxylation sites is 1. The second-order valence-corrected chi connectivity index (χ2v) is 5.69. The molecule has 0 atom stereocenters. The predicted octanol–water partition coefficient (Wildman–Crippen LogP) is 5.37. The number of alkyl halides is 3. The first-order valence-corrected chi connectivity index (χ1v) is 7.05. The summed E-state index contributed by atoms with van der Waals surface area (Å²) < 4.78 is 39.8. The van der Waals surface area contributed by atoms with Crippen molar-refractivity contribution < 1.29 is 13.2 Å². The summed E-state index contributed by atoms with van der Waals surface area (Å²) in [5.74, 6) is 0. The molecule has 0 saturated carbocycles. The van der Waals surface area contributed by atoms with Gasteiger partial charge in [0.05, 0.1) is 21.5 Å². The van der Waals surface area contributed by atoms with Crippen molar-refractivity contribution in [2.24, 2.45) is 0 Å². The highest BCUT2D eigenvalue weighted by molar-refractivity contribution is 7.22. The summed E-state index contributed by atoms with van der Waals surface area (Å²) in [6.07, 6.45) is -4.39. The summed E-state index contributed by atoms with van der Waals surface area (Å²) in [7, 11) is 0. The molecule has 2 aromatic carbocycles. The van der Waals surface area contributed by atoms with E-state index in [-0.39, 0.29) is 5.69 Å². The molecule has 0 aliphatic carbocycles. The lowest BCUT2D eigenvalue weighted by atomic mass is 10.2. The third kappa shape index (κ3) is 2.85. The minimum Gasteiger partial charge on any atom is -0.331 e. The van der Waals surface area contributed by atoms with Crippen LogP contribution >= 0.6 is 11.3 Å². The number of benzene rings is 2. The van der Waals surface area contributed by atoms with Crippen molar-refractivity contribution in [3.8, 4) is 0 Å². The Morgan fingerprint density at radius 1 is 1.10 bits per heavy atom. The zero-order valence-corrected chi connectivity index (χ0v) is 11.8. The number of halogens is 3. The Hall–Kier alpha value is -2.08. The topological polar surface area (TPSA) is 24.9 Å². The van der Waals surface area contributed by atoms with E-state index in [1.54, 1.807) is 6.07 Å². The average Bonchev–Trinajstić information content (AvgIpc) is 2.79. The molecule has 0 bridgehead atoms. The van der Waals surface area contributed by atoms with Crippen LogP contribution in [0.2, 0.25) is 0 Å². The Morgan fingerprint density at radius 2 is 1.86 bits per heavy atom. The Balaban J connectivity index is 1.99. The third-order valence-electron chi connectivity index (χ3n) is 3.02. The van der Waals surface area contributed by atoms with Gasteiger partial charge in [-0.1, -0.05) is 29.5 Å². The van der Waals surface area contributed by atoms with Crippen LogP contribution in [0, 0.1) is 6.92 Å². The minimum absolute atomic E-state index is 0.0146. The van der Waals surface area contributed by atoms with E-state index in [9.17, 15) is 13.2 Å². The number of thiazole rings is 1. The van der Waals surface area contributed by atoms with Gasteiger partial charge >= 0.3 is 6.18 Å². The molecule has 3 aromatic rings. The van der Waals surface area contributed by atoms with Gasteiger partial charge in [-0.15, -0.1) is 0 Å². The fourth-order valence-electron chi connectivity index (χ4n) is 2.05. The zero-order valence-electron chi connectivity index (χ0n) is 11.0. The van der Waals surface area contributed by atoms with Crippen molar-refractivity contribution in [1.29, 1.82) is 0 Å². The molecular weight excluding hydrogens is 297 g/mol. The van der Waals surface area contributed by atoms with Crippen molar-refractivity contribution in [2.45, 2.75) is 13.1 Å².